The molecule has 24 heavy (non-hydrogen) atoms. The summed E-state index contributed by atoms with van der Waals surface area (Å²) in [6.45, 7) is 5.08. The van der Waals surface area contributed by atoms with E-state index in [1.54, 1.807) is 0 Å². The van der Waals surface area contributed by atoms with Crippen molar-refractivity contribution in [2.75, 3.05) is 19.7 Å². The lowest BCUT2D eigenvalue weighted by Gasteiger charge is -2.37. The number of likely N-dealkylation sites (tertiary alicyclic amines) is 1. The van der Waals surface area contributed by atoms with Crippen LogP contribution in [0.4, 0.5) is 0 Å². The van der Waals surface area contributed by atoms with Crippen LogP contribution in [0.1, 0.15) is 30.4 Å². The number of hydrogen-bond donors (Lipinski definition) is 0. The Morgan fingerprint density at radius 3 is 2.42 bits per heavy atom. The highest BCUT2D eigenvalue weighted by molar-refractivity contribution is 5.74. The van der Waals surface area contributed by atoms with Crippen LogP contribution in [0, 0.1) is 5.92 Å². The van der Waals surface area contributed by atoms with Crippen LogP contribution >= 0.6 is 0 Å². The zero-order valence-corrected chi connectivity index (χ0v) is 14.2. The molecule has 0 bridgehead atoms. The second kappa shape index (κ2) is 8.11. The minimum absolute atomic E-state index is 0.0422. The van der Waals surface area contributed by atoms with E-state index in [1.165, 1.54) is 11.1 Å². The van der Waals surface area contributed by atoms with Crippen LogP contribution in [0.15, 0.2) is 60.7 Å². The first-order valence-electron chi connectivity index (χ1n) is 8.75. The largest absolute Gasteiger partial charge is 0.466 e. The molecule has 126 valence electrons. The zero-order chi connectivity index (χ0) is 16.8. The van der Waals surface area contributed by atoms with Gasteiger partial charge >= 0.3 is 5.97 Å². The van der Waals surface area contributed by atoms with E-state index < -0.39 is 0 Å². The molecule has 1 aliphatic rings. The molecule has 0 spiro atoms. The van der Waals surface area contributed by atoms with Crippen LogP contribution < -0.4 is 0 Å². The summed E-state index contributed by atoms with van der Waals surface area (Å²) in [6.07, 6.45) is 0.852. The van der Waals surface area contributed by atoms with Gasteiger partial charge in [-0.05, 0) is 31.0 Å². The number of carbonyl (C=O) groups is 1. The monoisotopic (exact) mass is 323 g/mol. The number of ether oxygens (including phenoxy) is 1. The van der Waals surface area contributed by atoms with Gasteiger partial charge in [0.1, 0.15) is 0 Å². The van der Waals surface area contributed by atoms with Gasteiger partial charge in [0.05, 0.1) is 12.5 Å². The van der Waals surface area contributed by atoms with E-state index in [0.717, 1.165) is 26.1 Å². The Kier molecular flexibility index (Phi) is 5.65. The lowest BCUT2D eigenvalue weighted by atomic mass is 9.80. The highest BCUT2D eigenvalue weighted by Crippen LogP contribution is 2.34. The molecule has 1 saturated heterocycles. The average Bonchev–Trinajstić information content (AvgIpc) is 2.63. The predicted molar refractivity (Wildman–Crippen MR) is 95.6 cm³/mol. The van der Waals surface area contributed by atoms with Crippen LogP contribution in [-0.2, 0) is 16.1 Å². The fraction of sp³-hybridized carbons (Fsp3) is 0.381. The van der Waals surface area contributed by atoms with E-state index in [-0.39, 0.29) is 17.8 Å². The molecule has 1 heterocycles. The first kappa shape index (κ1) is 16.7. The minimum Gasteiger partial charge on any atom is -0.466 e. The summed E-state index contributed by atoms with van der Waals surface area (Å²) in [7, 11) is 0. The molecule has 3 rings (SSSR count). The van der Waals surface area contributed by atoms with Crippen LogP contribution in [-0.4, -0.2) is 30.6 Å². The molecule has 0 amide bonds. The van der Waals surface area contributed by atoms with Crippen molar-refractivity contribution in [2.24, 2.45) is 5.92 Å². The third kappa shape index (κ3) is 4.04. The second-order valence-electron chi connectivity index (χ2n) is 6.39. The smallest absolute Gasteiger partial charge is 0.309 e. The zero-order valence-electron chi connectivity index (χ0n) is 14.2. The molecule has 0 unspecified atom stereocenters. The molecule has 0 saturated carbocycles. The van der Waals surface area contributed by atoms with Gasteiger partial charge in [-0.3, -0.25) is 9.69 Å². The molecule has 2 aromatic rings. The Morgan fingerprint density at radius 2 is 1.75 bits per heavy atom. The molecule has 3 nitrogen and oxygen atoms in total. The maximum absolute atomic E-state index is 12.4. The summed E-state index contributed by atoms with van der Waals surface area (Å²) in [5.41, 5.74) is 2.55. The number of piperidine rings is 1. The number of carbonyl (C=O) groups excluding carboxylic acids is 1. The summed E-state index contributed by atoms with van der Waals surface area (Å²) < 4.78 is 5.33. The number of rotatable bonds is 5. The first-order chi connectivity index (χ1) is 11.8. The molecular weight excluding hydrogens is 298 g/mol. The highest BCUT2D eigenvalue weighted by atomic mass is 16.5. The van der Waals surface area contributed by atoms with Gasteiger partial charge in [-0.15, -0.1) is 0 Å². The first-order valence-corrected chi connectivity index (χ1v) is 8.75. The van der Waals surface area contributed by atoms with Crippen molar-refractivity contribution in [1.82, 2.24) is 4.90 Å². The maximum Gasteiger partial charge on any atom is 0.309 e. The summed E-state index contributed by atoms with van der Waals surface area (Å²) >= 11 is 0. The quantitative estimate of drug-likeness (QED) is 0.783. The van der Waals surface area contributed by atoms with Crippen LogP contribution in [0.2, 0.25) is 0 Å². The molecule has 1 aliphatic heterocycles. The number of hydrogen-bond acceptors (Lipinski definition) is 3. The van der Waals surface area contributed by atoms with Crippen LogP contribution in [0.25, 0.3) is 0 Å². The van der Waals surface area contributed by atoms with Gasteiger partial charge in [-0.25, -0.2) is 0 Å². The molecule has 0 N–H and O–H groups in total. The van der Waals surface area contributed by atoms with E-state index in [9.17, 15) is 4.79 Å². The molecule has 2 atom stereocenters. The summed E-state index contributed by atoms with van der Waals surface area (Å²) in [5.74, 6) is 0.104. The van der Waals surface area contributed by atoms with E-state index in [4.69, 9.17) is 4.74 Å². The van der Waals surface area contributed by atoms with Crippen molar-refractivity contribution in [3.05, 3.63) is 71.8 Å². The average molecular weight is 323 g/mol. The topological polar surface area (TPSA) is 29.5 Å². The standard InChI is InChI=1S/C21H25NO2/c1-2-24-21(23)19-13-14-22(15-17-9-5-3-6-10-17)16-20(19)18-11-7-4-8-12-18/h3-12,19-20H,2,13-16H2,1H3/t19-,20-/m1/s1. The Balaban J connectivity index is 1.76. The lowest BCUT2D eigenvalue weighted by molar-refractivity contribution is -0.150. The van der Waals surface area contributed by atoms with Crippen LogP contribution in [0.5, 0.6) is 0 Å². The van der Waals surface area contributed by atoms with E-state index in [2.05, 4.69) is 41.3 Å². The van der Waals surface area contributed by atoms with Gasteiger partial charge in [0.15, 0.2) is 0 Å². The normalized spacial score (nSPS) is 21.4. The van der Waals surface area contributed by atoms with Crippen molar-refractivity contribution >= 4 is 5.97 Å². The van der Waals surface area contributed by atoms with Crippen molar-refractivity contribution in [1.29, 1.82) is 0 Å². The van der Waals surface area contributed by atoms with Gasteiger partial charge in [-0.1, -0.05) is 60.7 Å². The SMILES string of the molecule is CCOC(=O)[C@@H]1CCN(Cc2ccccc2)C[C@@H]1c1ccccc1. The third-order valence-electron chi connectivity index (χ3n) is 4.76. The van der Waals surface area contributed by atoms with Crippen molar-refractivity contribution in [3.63, 3.8) is 0 Å². The van der Waals surface area contributed by atoms with Crippen LogP contribution in [0.3, 0.4) is 0 Å². The number of benzene rings is 2. The lowest BCUT2D eigenvalue weighted by Crippen LogP contribution is -2.42. The summed E-state index contributed by atoms with van der Waals surface area (Å²) in [5, 5.41) is 0. The Bertz CT molecular complexity index is 641. The maximum atomic E-state index is 12.4. The summed E-state index contributed by atoms with van der Waals surface area (Å²) in [4.78, 5) is 14.9. The van der Waals surface area contributed by atoms with E-state index in [1.807, 2.05) is 31.2 Å². The van der Waals surface area contributed by atoms with Gasteiger partial charge in [0.25, 0.3) is 0 Å². The van der Waals surface area contributed by atoms with Gasteiger partial charge in [0, 0.05) is 19.0 Å². The van der Waals surface area contributed by atoms with Crippen molar-refractivity contribution < 1.29 is 9.53 Å². The fourth-order valence-corrected chi connectivity index (χ4v) is 3.57. The molecular formula is C21H25NO2. The molecule has 0 radical (unpaired) electrons. The second-order valence-corrected chi connectivity index (χ2v) is 6.39. The van der Waals surface area contributed by atoms with Crippen molar-refractivity contribution in [2.45, 2.75) is 25.8 Å². The predicted octanol–water partition coefficient (Wildman–Crippen LogP) is 3.86. The van der Waals surface area contributed by atoms with Gasteiger partial charge < -0.3 is 4.74 Å². The van der Waals surface area contributed by atoms with E-state index in [0.29, 0.717) is 6.61 Å². The number of nitrogens with zero attached hydrogens (tertiary/aromatic N) is 1. The minimum atomic E-state index is -0.0503. The fourth-order valence-electron chi connectivity index (χ4n) is 3.57. The van der Waals surface area contributed by atoms with Gasteiger partial charge in [0.2, 0.25) is 0 Å². The summed E-state index contributed by atoms with van der Waals surface area (Å²) in [6, 6.07) is 20.9. The van der Waals surface area contributed by atoms with Gasteiger partial charge in [-0.2, -0.15) is 0 Å². The molecule has 0 aromatic heterocycles. The molecule has 3 heteroatoms. The molecule has 1 fully saturated rings. The van der Waals surface area contributed by atoms with E-state index >= 15 is 0 Å². The Morgan fingerprint density at radius 1 is 1.08 bits per heavy atom. The Hall–Kier alpha value is -2.13. The Labute approximate surface area is 144 Å². The van der Waals surface area contributed by atoms with Crippen molar-refractivity contribution in [3.8, 4) is 0 Å². The molecule has 2 aromatic carbocycles. The third-order valence-corrected chi connectivity index (χ3v) is 4.76. The number of esters is 1. The highest BCUT2D eigenvalue weighted by Gasteiger charge is 2.35. The molecule has 0 aliphatic carbocycles.